The van der Waals surface area contributed by atoms with Gasteiger partial charge in [0.1, 0.15) is 0 Å². The van der Waals surface area contributed by atoms with Crippen molar-refractivity contribution in [2.75, 3.05) is 20.3 Å². The van der Waals surface area contributed by atoms with Crippen molar-refractivity contribution in [3.8, 4) is 0 Å². The maximum absolute atomic E-state index is 5.41. The second-order valence-corrected chi connectivity index (χ2v) is 4.54. The van der Waals surface area contributed by atoms with Gasteiger partial charge in [-0.15, -0.1) is 0 Å². The SMILES string of the molecule is CNC(CC1CCOC1)c1ccc(C)nc1. The van der Waals surface area contributed by atoms with Crippen molar-refractivity contribution >= 4 is 0 Å². The van der Waals surface area contributed by atoms with Crippen molar-refractivity contribution in [3.05, 3.63) is 29.6 Å². The average molecular weight is 220 g/mol. The molecular formula is C13H20N2O. The molecule has 0 saturated carbocycles. The quantitative estimate of drug-likeness (QED) is 0.843. The highest BCUT2D eigenvalue weighted by Crippen LogP contribution is 2.25. The van der Waals surface area contributed by atoms with Crippen LogP contribution in [0.1, 0.15) is 30.1 Å². The molecule has 2 heterocycles. The first-order chi connectivity index (χ1) is 7.79. The van der Waals surface area contributed by atoms with E-state index >= 15 is 0 Å². The van der Waals surface area contributed by atoms with Gasteiger partial charge in [-0.3, -0.25) is 4.98 Å². The molecule has 3 heteroatoms. The molecule has 1 N–H and O–H groups in total. The first kappa shape index (κ1) is 11.6. The predicted octanol–water partition coefficient (Wildman–Crippen LogP) is 2.08. The number of hydrogen-bond acceptors (Lipinski definition) is 3. The van der Waals surface area contributed by atoms with E-state index in [-0.39, 0.29) is 0 Å². The van der Waals surface area contributed by atoms with Crippen LogP contribution in [0.5, 0.6) is 0 Å². The fourth-order valence-electron chi connectivity index (χ4n) is 2.21. The van der Waals surface area contributed by atoms with Gasteiger partial charge in [0.15, 0.2) is 0 Å². The van der Waals surface area contributed by atoms with Gasteiger partial charge in [-0.1, -0.05) is 6.07 Å². The molecule has 0 radical (unpaired) electrons. The Morgan fingerprint density at radius 2 is 2.44 bits per heavy atom. The van der Waals surface area contributed by atoms with Crippen molar-refractivity contribution in [3.63, 3.8) is 0 Å². The third kappa shape index (κ3) is 2.80. The highest BCUT2D eigenvalue weighted by Gasteiger charge is 2.20. The summed E-state index contributed by atoms with van der Waals surface area (Å²) in [5.41, 5.74) is 2.35. The van der Waals surface area contributed by atoms with Crippen LogP contribution in [0.4, 0.5) is 0 Å². The summed E-state index contributed by atoms with van der Waals surface area (Å²) in [5, 5.41) is 3.37. The maximum atomic E-state index is 5.41. The molecule has 1 aliphatic heterocycles. The highest BCUT2D eigenvalue weighted by atomic mass is 16.5. The molecule has 1 saturated heterocycles. The van der Waals surface area contributed by atoms with Gasteiger partial charge in [0.05, 0.1) is 0 Å². The molecule has 1 aromatic rings. The zero-order valence-corrected chi connectivity index (χ0v) is 10.1. The number of aryl methyl sites for hydroxylation is 1. The van der Waals surface area contributed by atoms with Crippen LogP contribution < -0.4 is 5.32 Å². The summed E-state index contributed by atoms with van der Waals surface area (Å²) >= 11 is 0. The molecule has 1 aromatic heterocycles. The van der Waals surface area contributed by atoms with Gasteiger partial charge in [0.25, 0.3) is 0 Å². The molecular weight excluding hydrogens is 200 g/mol. The lowest BCUT2D eigenvalue weighted by molar-refractivity contribution is 0.181. The summed E-state index contributed by atoms with van der Waals surface area (Å²) in [5.74, 6) is 0.693. The molecule has 1 fully saturated rings. The van der Waals surface area contributed by atoms with Gasteiger partial charge in [0.2, 0.25) is 0 Å². The van der Waals surface area contributed by atoms with Crippen LogP contribution >= 0.6 is 0 Å². The molecule has 2 rings (SSSR count). The second-order valence-electron chi connectivity index (χ2n) is 4.54. The van der Waals surface area contributed by atoms with E-state index in [2.05, 4.69) is 22.4 Å². The zero-order valence-electron chi connectivity index (χ0n) is 10.1. The summed E-state index contributed by atoms with van der Waals surface area (Å²) in [6.45, 7) is 3.85. The van der Waals surface area contributed by atoms with Gasteiger partial charge in [-0.2, -0.15) is 0 Å². The smallest absolute Gasteiger partial charge is 0.0495 e. The molecule has 3 nitrogen and oxygen atoms in total. The third-order valence-corrected chi connectivity index (χ3v) is 3.28. The Morgan fingerprint density at radius 3 is 3.00 bits per heavy atom. The summed E-state index contributed by atoms with van der Waals surface area (Å²) in [4.78, 5) is 4.35. The van der Waals surface area contributed by atoms with Gasteiger partial charge in [-0.25, -0.2) is 0 Å². The first-order valence-electron chi connectivity index (χ1n) is 5.97. The topological polar surface area (TPSA) is 34.1 Å². The van der Waals surface area contributed by atoms with E-state index < -0.39 is 0 Å². The Morgan fingerprint density at radius 1 is 1.56 bits per heavy atom. The average Bonchev–Trinajstić information content (AvgIpc) is 2.80. The Balaban J connectivity index is 2.00. The third-order valence-electron chi connectivity index (χ3n) is 3.28. The largest absolute Gasteiger partial charge is 0.381 e. The number of nitrogens with zero attached hydrogens (tertiary/aromatic N) is 1. The normalized spacial score (nSPS) is 22.2. The number of pyridine rings is 1. The number of nitrogens with one attached hydrogen (secondary N) is 1. The zero-order chi connectivity index (χ0) is 11.4. The van der Waals surface area contributed by atoms with E-state index in [1.807, 2.05) is 20.2 Å². The van der Waals surface area contributed by atoms with Crippen LogP contribution in [-0.4, -0.2) is 25.2 Å². The number of aromatic nitrogens is 1. The Kier molecular flexibility index (Phi) is 3.91. The standard InChI is InChI=1S/C13H20N2O/c1-10-3-4-12(8-15-10)13(14-2)7-11-5-6-16-9-11/h3-4,8,11,13-14H,5-7,9H2,1-2H3. The van der Waals surface area contributed by atoms with E-state index in [0.29, 0.717) is 12.0 Å². The van der Waals surface area contributed by atoms with Crippen molar-refractivity contribution in [2.24, 2.45) is 5.92 Å². The Bertz CT molecular complexity index is 317. The van der Waals surface area contributed by atoms with Crippen LogP contribution in [0.2, 0.25) is 0 Å². The molecule has 1 aliphatic rings. The van der Waals surface area contributed by atoms with Crippen molar-refractivity contribution in [1.82, 2.24) is 10.3 Å². The monoisotopic (exact) mass is 220 g/mol. The highest BCUT2D eigenvalue weighted by molar-refractivity contribution is 5.17. The fraction of sp³-hybridized carbons (Fsp3) is 0.615. The molecule has 0 aromatic carbocycles. The van der Waals surface area contributed by atoms with Crippen LogP contribution in [-0.2, 0) is 4.74 Å². The maximum Gasteiger partial charge on any atom is 0.0495 e. The molecule has 16 heavy (non-hydrogen) atoms. The minimum absolute atomic E-state index is 0.403. The molecule has 0 spiro atoms. The van der Waals surface area contributed by atoms with Gasteiger partial charge < -0.3 is 10.1 Å². The minimum atomic E-state index is 0.403. The lowest BCUT2D eigenvalue weighted by atomic mass is 9.95. The molecule has 2 atom stereocenters. The second kappa shape index (κ2) is 5.41. The summed E-state index contributed by atoms with van der Waals surface area (Å²) in [6.07, 6.45) is 4.31. The molecule has 2 unspecified atom stereocenters. The lowest BCUT2D eigenvalue weighted by Crippen LogP contribution is -2.20. The van der Waals surface area contributed by atoms with Gasteiger partial charge >= 0.3 is 0 Å². The van der Waals surface area contributed by atoms with E-state index in [1.165, 1.54) is 12.0 Å². The summed E-state index contributed by atoms with van der Waals surface area (Å²) < 4.78 is 5.41. The van der Waals surface area contributed by atoms with Crippen molar-refractivity contribution < 1.29 is 4.74 Å². The lowest BCUT2D eigenvalue weighted by Gasteiger charge is -2.19. The molecule has 0 bridgehead atoms. The molecule has 0 aliphatic carbocycles. The Labute approximate surface area is 97.2 Å². The van der Waals surface area contributed by atoms with E-state index in [1.54, 1.807) is 0 Å². The first-order valence-corrected chi connectivity index (χ1v) is 5.97. The van der Waals surface area contributed by atoms with Crippen LogP contribution in [0.3, 0.4) is 0 Å². The molecule has 0 amide bonds. The minimum Gasteiger partial charge on any atom is -0.381 e. The van der Waals surface area contributed by atoms with E-state index in [4.69, 9.17) is 4.74 Å². The van der Waals surface area contributed by atoms with E-state index in [9.17, 15) is 0 Å². The summed E-state index contributed by atoms with van der Waals surface area (Å²) in [6, 6.07) is 4.64. The predicted molar refractivity (Wildman–Crippen MR) is 64.3 cm³/mol. The van der Waals surface area contributed by atoms with Gasteiger partial charge in [0, 0.05) is 31.1 Å². The molecule has 88 valence electrons. The Hall–Kier alpha value is -0.930. The number of rotatable bonds is 4. The number of hydrogen-bond donors (Lipinski definition) is 1. The van der Waals surface area contributed by atoms with Crippen LogP contribution in [0.15, 0.2) is 18.3 Å². The van der Waals surface area contributed by atoms with Crippen molar-refractivity contribution in [1.29, 1.82) is 0 Å². The van der Waals surface area contributed by atoms with Crippen LogP contribution in [0.25, 0.3) is 0 Å². The van der Waals surface area contributed by atoms with Gasteiger partial charge in [-0.05, 0) is 44.4 Å². The van der Waals surface area contributed by atoms with Crippen LogP contribution in [0, 0.1) is 12.8 Å². The fourth-order valence-corrected chi connectivity index (χ4v) is 2.21. The summed E-state index contributed by atoms with van der Waals surface area (Å²) in [7, 11) is 2.01. The van der Waals surface area contributed by atoms with E-state index in [0.717, 1.165) is 25.3 Å². The number of ether oxygens (including phenoxy) is 1. The van der Waals surface area contributed by atoms with Crippen molar-refractivity contribution in [2.45, 2.75) is 25.8 Å².